The molecule has 1 aliphatic rings. The van der Waals surface area contributed by atoms with Crippen molar-refractivity contribution in [2.24, 2.45) is 5.92 Å². The standard InChI is InChI=1S/C22H34N2O4/c1-5-27-18-12-11-17(14-19(18)28-6-2)22(16(3)4)23-20(25)15-24-13-9-7-8-10-21(24)26/h11-12,14,16,22H,5-10,13,15H2,1-4H3,(H,23,25). The summed E-state index contributed by atoms with van der Waals surface area (Å²) in [6.07, 6.45) is 3.46. The molecule has 1 aromatic rings. The van der Waals surface area contributed by atoms with Crippen LogP contribution in [0.3, 0.4) is 0 Å². The molecule has 1 unspecified atom stereocenters. The molecule has 28 heavy (non-hydrogen) atoms. The van der Waals surface area contributed by atoms with Gasteiger partial charge >= 0.3 is 0 Å². The van der Waals surface area contributed by atoms with E-state index in [0.717, 1.165) is 24.8 Å². The number of nitrogens with one attached hydrogen (secondary N) is 1. The van der Waals surface area contributed by atoms with E-state index in [4.69, 9.17) is 9.47 Å². The fourth-order valence-electron chi connectivity index (χ4n) is 3.49. The van der Waals surface area contributed by atoms with E-state index in [2.05, 4.69) is 19.2 Å². The molecule has 1 aromatic carbocycles. The smallest absolute Gasteiger partial charge is 0.240 e. The van der Waals surface area contributed by atoms with Crippen LogP contribution in [-0.4, -0.2) is 43.0 Å². The zero-order chi connectivity index (χ0) is 20.5. The summed E-state index contributed by atoms with van der Waals surface area (Å²) in [5.74, 6) is 1.53. The topological polar surface area (TPSA) is 67.9 Å². The number of rotatable bonds is 9. The molecule has 1 saturated heterocycles. The predicted octanol–water partition coefficient (Wildman–Crippen LogP) is 3.70. The number of amides is 2. The Balaban J connectivity index is 2.12. The molecule has 1 atom stereocenters. The molecule has 156 valence electrons. The van der Waals surface area contributed by atoms with Crippen LogP contribution in [0.15, 0.2) is 18.2 Å². The minimum Gasteiger partial charge on any atom is -0.490 e. The first-order valence-electron chi connectivity index (χ1n) is 10.4. The Morgan fingerprint density at radius 2 is 1.82 bits per heavy atom. The van der Waals surface area contributed by atoms with E-state index in [1.165, 1.54) is 0 Å². The van der Waals surface area contributed by atoms with Gasteiger partial charge in [0, 0.05) is 13.0 Å². The molecule has 1 aliphatic heterocycles. The molecular weight excluding hydrogens is 356 g/mol. The van der Waals surface area contributed by atoms with Crippen molar-refractivity contribution in [3.8, 4) is 11.5 Å². The summed E-state index contributed by atoms with van der Waals surface area (Å²) in [6, 6.07) is 5.64. The number of likely N-dealkylation sites (tertiary alicyclic amines) is 1. The first-order valence-corrected chi connectivity index (χ1v) is 10.4. The monoisotopic (exact) mass is 390 g/mol. The molecule has 0 radical (unpaired) electrons. The average Bonchev–Trinajstić information content (AvgIpc) is 2.86. The molecule has 6 nitrogen and oxygen atoms in total. The largest absolute Gasteiger partial charge is 0.490 e. The van der Waals surface area contributed by atoms with Crippen LogP contribution in [0.4, 0.5) is 0 Å². The van der Waals surface area contributed by atoms with Crippen LogP contribution in [0.1, 0.15) is 65.0 Å². The van der Waals surface area contributed by atoms with Gasteiger partial charge in [0.05, 0.1) is 25.8 Å². The molecule has 0 aromatic heterocycles. The molecule has 6 heteroatoms. The third-order valence-corrected chi connectivity index (χ3v) is 4.92. The Kier molecular flexibility index (Phi) is 8.61. The molecule has 0 bridgehead atoms. The van der Waals surface area contributed by atoms with Crippen molar-refractivity contribution < 1.29 is 19.1 Å². The molecule has 2 rings (SSSR count). The Hall–Kier alpha value is -2.24. The van der Waals surface area contributed by atoms with E-state index in [1.54, 1.807) is 4.90 Å². The number of hydrogen-bond donors (Lipinski definition) is 1. The maximum atomic E-state index is 12.7. The lowest BCUT2D eigenvalue weighted by Crippen LogP contribution is -2.42. The Morgan fingerprint density at radius 3 is 2.50 bits per heavy atom. The lowest BCUT2D eigenvalue weighted by Gasteiger charge is -2.26. The summed E-state index contributed by atoms with van der Waals surface area (Å²) in [7, 11) is 0. The number of ether oxygens (including phenoxy) is 2. The average molecular weight is 391 g/mol. The van der Waals surface area contributed by atoms with Gasteiger partial charge in [-0.05, 0) is 50.3 Å². The van der Waals surface area contributed by atoms with E-state index in [9.17, 15) is 9.59 Å². The van der Waals surface area contributed by atoms with Gasteiger partial charge in [-0.15, -0.1) is 0 Å². The van der Waals surface area contributed by atoms with Crippen molar-refractivity contribution >= 4 is 11.8 Å². The van der Waals surface area contributed by atoms with Crippen LogP contribution in [0.2, 0.25) is 0 Å². The highest BCUT2D eigenvalue weighted by Crippen LogP contribution is 2.33. The summed E-state index contributed by atoms with van der Waals surface area (Å²) in [5.41, 5.74) is 0.970. The van der Waals surface area contributed by atoms with E-state index >= 15 is 0 Å². The highest BCUT2D eigenvalue weighted by molar-refractivity contribution is 5.85. The fraction of sp³-hybridized carbons (Fsp3) is 0.636. The van der Waals surface area contributed by atoms with Crippen molar-refractivity contribution in [3.05, 3.63) is 23.8 Å². The Bertz CT molecular complexity index is 660. The summed E-state index contributed by atoms with van der Waals surface area (Å²) in [5, 5.41) is 3.11. The SMILES string of the molecule is CCOc1ccc(C(NC(=O)CN2CCCCCC2=O)C(C)C)cc1OCC. The summed E-state index contributed by atoms with van der Waals surface area (Å²) in [4.78, 5) is 26.5. The minimum atomic E-state index is -0.163. The first-order chi connectivity index (χ1) is 13.5. The molecule has 0 saturated carbocycles. The molecule has 2 amide bonds. The van der Waals surface area contributed by atoms with Gasteiger partial charge in [-0.25, -0.2) is 0 Å². The normalized spacial score (nSPS) is 15.9. The van der Waals surface area contributed by atoms with Gasteiger partial charge in [0.1, 0.15) is 0 Å². The second kappa shape index (κ2) is 10.9. The van der Waals surface area contributed by atoms with Crippen molar-refractivity contribution in [1.29, 1.82) is 0 Å². The van der Waals surface area contributed by atoms with E-state index in [1.807, 2.05) is 32.0 Å². The minimum absolute atomic E-state index is 0.0773. The highest BCUT2D eigenvalue weighted by Gasteiger charge is 2.24. The number of carbonyl (C=O) groups is 2. The summed E-state index contributed by atoms with van der Waals surface area (Å²) in [6.45, 7) is 9.89. The van der Waals surface area contributed by atoms with E-state index in [-0.39, 0.29) is 30.3 Å². The van der Waals surface area contributed by atoms with Crippen molar-refractivity contribution in [2.75, 3.05) is 26.3 Å². The van der Waals surface area contributed by atoms with Crippen molar-refractivity contribution in [1.82, 2.24) is 10.2 Å². The van der Waals surface area contributed by atoms with E-state index < -0.39 is 0 Å². The van der Waals surface area contributed by atoms with Crippen LogP contribution in [0.5, 0.6) is 11.5 Å². The van der Waals surface area contributed by atoms with Gasteiger partial charge in [0.25, 0.3) is 0 Å². The van der Waals surface area contributed by atoms with Gasteiger partial charge in [-0.3, -0.25) is 9.59 Å². The maximum absolute atomic E-state index is 12.7. The van der Waals surface area contributed by atoms with Gasteiger partial charge in [-0.1, -0.05) is 26.3 Å². The van der Waals surface area contributed by atoms with Gasteiger partial charge in [-0.2, -0.15) is 0 Å². The van der Waals surface area contributed by atoms with Crippen molar-refractivity contribution in [3.63, 3.8) is 0 Å². The zero-order valence-electron chi connectivity index (χ0n) is 17.6. The van der Waals surface area contributed by atoms with Gasteiger partial charge in [0.2, 0.25) is 11.8 Å². The lowest BCUT2D eigenvalue weighted by molar-refractivity contribution is -0.136. The molecule has 1 fully saturated rings. The molecule has 0 spiro atoms. The highest BCUT2D eigenvalue weighted by atomic mass is 16.5. The van der Waals surface area contributed by atoms with Gasteiger partial charge < -0.3 is 19.7 Å². The first kappa shape index (κ1) is 22.1. The van der Waals surface area contributed by atoms with E-state index in [0.29, 0.717) is 37.7 Å². The number of carbonyl (C=O) groups excluding carboxylic acids is 2. The summed E-state index contributed by atoms with van der Waals surface area (Å²) >= 11 is 0. The molecular formula is C22H34N2O4. The van der Waals surface area contributed by atoms with Crippen LogP contribution in [0.25, 0.3) is 0 Å². The predicted molar refractivity (Wildman–Crippen MR) is 110 cm³/mol. The third kappa shape index (κ3) is 6.14. The second-order valence-electron chi connectivity index (χ2n) is 7.49. The molecule has 1 N–H and O–H groups in total. The van der Waals surface area contributed by atoms with Gasteiger partial charge in [0.15, 0.2) is 11.5 Å². The second-order valence-corrected chi connectivity index (χ2v) is 7.49. The Labute approximate surface area is 168 Å². The fourth-order valence-corrected chi connectivity index (χ4v) is 3.49. The molecule has 1 heterocycles. The quantitative estimate of drug-likeness (QED) is 0.698. The summed E-state index contributed by atoms with van der Waals surface area (Å²) < 4.78 is 11.4. The third-order valence-electron chi connectivity index (χ3n) is 4.92. The van der Waals surface area contributed by atoms with Crippen LogP contribution >= 0.6 is 0 Å². The number of nitrogens with zero attached hydrogens (tertiary/aromatic N) is 1. The van der Waals surface area contributed by atoms with Crippen LogP contribution in [-0.2, 0) is 9.59 Å². The maximum Gasteiger partial charge on any atom is 0.240 e. The Morgan fingerprint density at radius 1 is 1.11 bits per heavy atom. The van der Waals surface area contributed by atoms with Crippen LogP contribution in [0, 0.1) is 5.92 Å². The zero-order valence-corrected chi connectivity index (χ0v) is 17.6. The van der Waals surface area contributed by atoms with Crippen LogP contribution < -0.4 is 14.8 Å². The lowest BCUT2D eigenvalue weighted by atomic mass is 9.95. The molecule has 0 aliphatic carbocycles. The number of benzene rings is 1. The number of hydrogen-bond acceptors (Lipinski definition) is 4. The van der Waals surface area contributed by atoms with Crippen molar-refractivity contribution in [2.45, 2.75) is 59.4 Å².